The first-order valence-corrected chi connectivity index (χ1v) is 7.26. The van der Waals surface area contributed by atoms with Gasteiger partial charge in [-0.15, -0.1) is 0 Å². The molecule has 0 radical (unpaired) electrons. The summed E-state index contributed by atoms with van der Waals surface area (Å²) in [6.07, 6.45) is 5.37. The minimum atomic E-state index is -0.486. The fourth-order valence-electron chi connectivity index (χ4n) is 5.06. The van der Waals surface area contributed by atoms with Crippen LogP contribution in [0.5, 0.6) is 0 Å². The van der Waals surface area contributed by atoms with Gasteiger partial charge in [0.2, 0.25) is 0 Å². The first kappa shape index (κ1) is 12.0. The predicted molar refractivity (Wildman–Crippen MR) is 67.5 cm³/mol. The highest BCUT2D eigenvalue weighted by Crippen LogP contribution is 2.58. The number of hydrogen-bond donors (Lipinski definition) is 2. The van der Waals surface area contributed by atoms with Crippen LogP contribution in [0.4, 0.5) is 0 Å². The summed E-state index contributed by atoms with van der Waals surface area (Å²) < 4.78 is 0. The van der Waals surface area contributed by atoms with Crippen molar-refractivity contribution in [2.75, 3.05) is 0 Å². The van der Waals surface area contributed by atoms with Crippen LogP contribution >= 0.6 is 0 Å². The van der Waals surface area contributed by atoms with Crippen LogP contribution in [-0.4, -0.2) is 21.4 Å². The lowest BCUT2D eigenvalue weighted by Gasteiger charge is -2.59. The summed E-state index contributed by atoms with van der Waals surface area (Å²) in [6.45, 7) is 6.38. The molecular formula is C15H26O2. The molecule has 4 aliphatic carbocycles. The molecule has 0 spiro atoms. The molecule has 4 rings (SSSR count). The highest BCUT2D eigenvalue weighted by Gasteiger charge is 2.57. The van der Waals surface area contributed by atoms with Gasteiger partial charge in [0, 0.05) is 0 Å². The summed E-state index contributed by atoms with van der Waals surface area (Å²) in [5.74, 6) is 2.28. The van der Waals surface area contributed by atoms with Crippen LogP contribution in [0.15, 0.2) is 0 Å². The topological polar surface area (TPSA) is 40.5 Å². The minimum Gasteiger partial charge on any atom is -0.390 e. The van der Waals surface area contributed by atoms with Crippen molar-refractivity contribution < 1.29 is 10.2 Å². The Morgan fingerprint density at radius 3 is 1.35 bits per heavy atom. The Labute approximate surface area is 104 Å². The van der Waals surface area contributed by atoms with E-state index >= 15 is 0 Å². The zero-order valence-corrected chi connectivity index (χ0v) is 11.3. The van der Waals surface area contributed by atoms with E-state index in [1.165, 1.54) is 0 Å². The molecule has 0 aliphatic heterocycles. The van der Waals surface area contributed by atoms with Gasteiger partial charge in [0.05, 0.1) is 11.2 Å². The minimum absolute atomic E-state index is 0.397. The highest BCUT2D eigenvalue weighted by molar-refractivity contribution is 5.08. The largest absolute Gasteiger partial charge is 0.390 e. The van der Waals surface area contributed by atoms with Gasteiger partial charge >= 0.3 is 0 Å². The highest BCUT2D eigenvalue weighted by atomic mass is 16.3. The van der Waals surface area contributed by atoms with Gasteiger partial charge in [0.25, 0.3) is 0 Å². The van der Waals surface area contributed by atoms with E-state index in [0.717, 1.165) is 32.1 Å². The van der Waals surface area contributed by atoms with E-state index in [2.05, 4.69) is 6.92 Å². The van der Waals surface area contributed by atoms with Gasteiger partial charge in [-0.3, -0.25) is 0 Å². The lowest BCUT2D eigenvalue weighted by atomic mass is 9.49. The smallest absolute Gasteiger partial charge is 0.0676 e. The lowest BCUT2D eigenvalue weighted by Crippen LogP contribution is -2.61. The van der Waals surface area contributed by atoms with Crippen molar-refractivity contribution in [2.24, 2.45) is 29.6 Å². The summed E-state index contributed by atoms with van der Waals surface area (Å²) in [6, 6.07) is 0. The maximum Gasteiger partial charge on any atom is 0.0676 e. The Bertz CT molecular complexity index is 291. The molecule has 0 amide bonds. The molecule has 0 saturated heterocycles. The Morgan fingerprint density at radius 1 is 0.706 bits per heavy atom. The van der Waals surface area contributed by atoms with E-state index in [1.807, 2.05) is 13.8 Å². The second kappa shape index (κ2) is 3.48. The van der Waals surface area contributed by atoms with Crippen LogP contribution < -0.4 is 0 Å². The predicted octanol–water partition coefficient (Wildman–Crippen LogP) is 2.58. The molecule has 2 unspecified atom stereocenters. The van der Waals surface area contributed by atoms with Crippen molar-refractivity contribution in [3.63, 3.8) is 0 Å². The third-order valence-corrected chi connectivity index (χ3v) is 6.39. The van der Waals surface area contributed by atoms with Crippen LogP contribution in [0.25, 0.3) is 0 Å². The van der Waals surface area contributed by atoms with E-state index in [9.17, 15) is 10.2 Å². The molecule has 0 heterocycles. The average molecular weight is 238 g/mol. The number of fused-ring (bicyclic) bond motifs is 2. The number of rotatable bonds is 0. The van der Waals surface area contributed by atoms with Gasteiger partial charge in [0.15, 0.2) is 0 Å². The molecule has 98 valence electrons. The zero-order chi connectivity index (χ0) is 12.4. The first-order chi connectivity index (χ1) is 7.81. The van der Waals surface area contributed by atoms with E-state index in [-0.39, 0.29) is 0 Å². The molecule has 4 bridgehead atoms. The molecule has 4 aliphatic rings. The van der Waals surface area contributed by atoms with Crippen molar-refractivity contribution in [3.05, 3.63) is 0 Å². The van der Waals surface area contributed by atoms with Crippen LogP contribution in [0, 0.1) is 29.6 Å². The second-order valence-corrected chi connectivity index (χ2v) is 7.52. The first-order valence-electron chi connectivity index (χ1n) is 7.26. The van der Waals surface area contributed by atoms with Crippen molar-refractivity contribution in [2.45, 2.75) is 64.1 Å². The van der Waals surface area contributed by atoms with E-state index in [0.29, 0.717) is 29.6 Å². The van der Waals surface area contributed by atoms with Gasteiger partial charge < -0.3 is 10.2 Å². The number of hydrogen-bond acceptors (Lipinski definition) is 2. The second-order valence-electron chi connectivity index (χ2n) is 7.52. The van der Waals surface area contributed by atoms with Gasteiger partial charge in [-0.25, -0.2) is 0 Å². The molecule has 4 saturated carbocycles. The third kappa shape index (κ3) is 1.60. The van der Waals surface area contributed by atoms with Gasteiger partial charge in [0.1, 0.15) is 0 Å². The van der Waals surface area contributed by atoms with Crippen molar-refractivity contribution in [3.8, 4) is 0 Å². The molecule has 0 aromatic heterocycles. The summed E-state index contributed by atoms with van der Waals surface area (Å²) in [5.41, 5.74) is -0.972. The SMILES string of the molecule is CC1CC2C[C@@H]3C[C@@H](CC(C1)[C@@]3(C)O)[C@]2(C)O. The Morgan fingerprint density at radius 2 is 1.00 bits per heavy atom. The van der Waals surface area contributed by atoms with Crippen LogP contribution in [0.1, 0.15) is 52.9 Å². The van der Waals surface area contributed by atoms with Gasteiger partial charge in [-0.05, 0) is 75.5 Å². The molecule has 0 aromatic carbocycles. The molecular weight excluding hydrogens is 212 g/mol. The van der Waals surface area contributed by atoms with Crippen LogP contribution in [0.3, 0.4) is 0 Å². The van der Waals surface area contributed by atoms with E-state index in [1.54, 1.807) is 0 Å². The number of aliphatic hydroxyl groups is 2. The van der Waals surface area contributed by atoms with Gasteiger partial charge in [-0.1, -0.05) is 6.92 Å². The van der Waals surface area contributed by atoms with E-state index in [4.69, 9.17) is 0 Å². The van der Waals surface area contributed by atoms with Crippen LogP contribution in [-0.2, 0) is 0 Å². The molecule has 2 heteroatoms. The Kier molecular flexibility index (Phi) is 2.45. The third-order valence-electron chi connectivity index (χ3n) is 6.39. The molecule has 4 fully saturated rings. The summed E-state index contributed by atoms with van der Waals surface area (Å²) in [7, 11) is 0. The fraction of sp³-hybridized carbons (Fsp3) is 1.00. The van der Waals surface area contributed by atoms with Crippen molar-refractivity contribution in [1.82, 2.24) is 0 Å². The summed E-state index contributed by atoms with van der Waals surface area (Å²) >= 11 is 0. The molecule has 17 heavy (non-hydrogen) atoms. The molecule has 2 N–H and O–H groups in total. The normalized spacial score (nSPS) is 62.3. The lowest BCUT2D eigenvalue weighted by molar-refractivity contribution is -0.204. The Balaban J connectivity index is 2.00. The maximum absolute atomic E-state index is 10.8. The molecule has 0 aromatic rings. The Hall–Kier alpha value is -0.0800. The average Bonchev–Trinajstić information content (AvgIpc) is 2.21. The quantitative estimate of drug-likeness (QED) is 0.681. The standard InChI is InChI=1S/C15H26O2/c1-9-4-10-6-13-8-12(14(10,2)16)7-11(5-9)15(13,3)17/h9-13,16-17H,4-8H2,1-3H3/t9?,10?,11?,12-,13-,14-,15-/m1/s1. The van der Waals surface area contributed by atoms with Crippen LogP contribution in [0.2, 0.25) is 0 Å². The summed E-state index contributed by atoms with van der Waals surface area (Å²) in [4.78, 5) is 0. The van der Waals surface area contributed by atoms with Crippen molar-refractivity contribution >= 4 is 0 Å². The zero-order valence-electron chi connectivity index (χ0n) is 11.3. The summed E-state index contributed by atoms with van der Waals surface area (Å²) in [5, 5.41) is 21.6. The monoisotopic (exact) mass is 238 g/mol. The fourth-order valence-corrected chi connectivity index (χ4v) is 5.06. The molecule has 2 nitrogen and oxygen atoms in total. The molecule has 6 atom stereocenters. The van der Waals surface area contributed by atoms with E-state index < -0.39 is 11.2 Å². The van der Waals surface area contributed by atoms with Gasteiger partial charge in [-0.2, -0.15) is 0 Å². The van der Waals surface area contributed by atoms with Crippen molar-refractivity contribution in [1.29, 1.82) is 0 Å². The maximum atomic E-state index is 10.8.